The molecule has 0 saturated carbocycles. The zero-order valence-electron chi connectivity index (χ0n) is 21.3. The van der Waals surface area contributed by atoms with Crippen LogP contribution in [0.1, 0.15) is 56.5 Å². The molecule has 0 fully saturated rings. The summed E-state index contributed by atoms with van der Waals surface area (Å²) in [6.07, 6.45) is 1.31. The first-order chi connectivity index (χ1) is 17.1. The van der Waals surface area contributed by atoms with Crippen molar-refractivity contribution in [2.24, 2.45) is 11.7 Å². The summed E-state index contributed by atoms with van der Waals surface area (Å²) in [7, 11) is 0. The highest BCUT2D eigenvalue weighted by atomic mass is 35.5. The van der Waals surface area contributed by atoms with Crippen LogP contribution < -0.4 is 20.7 Å². The Bertz CT molecular complexity index is 1110. The minimum atomic E-state index is -0.770. The third kappa shape index (κ3) is 6.49. The topological polar surface area (TPSA) is 105 Å². The van der Waals surface area contributed by atoms with Gasteiger partial charge in [0.05, 0.1) is 17.2 Å². The molecule has 0 aromatic heterocycles. The maximum Gasteiger partial charge on any atom is 0.318 e. The van der Waals surface area contributed by atoms with Crippen LogP contribution in [0.15, 0.2) is 42.5 Å². The van der Waals surface area contributed by atoms with E-state index in [0.29, 0.717) is 35.1 Å². The number of nitrogens with one attached hydrogen (secondary N) is 1. The Hall–Kier alpha value is -3.26. The molecule has 0 spiro atoms. The number of amides is 4. The number of hydrogen-bond donors (Lipinski definition) is 2. The molecule has 194 valence electrons. The van der Waals surface area contributed by atoms with Crippen LogP contribution in [0.4, 0.5) is 10.5 Å². The van der Waals surface area contributed by atoms with Crippen molar-refractivity contribution in [3.63, 3.8) is 0 Å². The summed E-state index contributed by atoms with van der Waals surface area (Å²) in [6.45, 7) is 8.90. The predicted octanol–water partition coefficient (Wildman–Crippen LogP) is 4.59. The molecule has 0 saturated heterocycles. The zero-order chi connectivity index (χ0) is 26.4. The van der Waals surface area contributed by atoms with Gasteiger partial charge in [0.15, 0.2) is 0 Å². The Balaban J connectivity index is 1.88. The van der Waals surface area contributed by atoms with Gasteiger partial charge in [-0.05, 0) is 55.5 Å². The van der Waals surface area contributed by atoms with Crippen molar-refractivity contribution in [3.8, 4) is 5.75 Å². The van der Waals surface area contributed by atoms with Crippen molar-refractivity contribution in [2.75, 3.05) is 18.1 Å². The fourth-order valence-corrected chi connectivity index (χ4v) is 4.50. The van der Waals surface area contributed by atoms with E-state index in [1.165, 1.54) is 0 Å². The van der Waals surface area contributed by atoms with E-state index >= 15 is 0 Å². The van der Waals surface area contributed by atoms with Crippen LogP contribution in [0, 0.1) is 5.92 Å². The molecule has 2 atom stereocenters. The fourth-order valence-electron chi connectivity index (χ4n) is 4.25. The summed E-state index contributed by atoms with van der Waals surface area (Å²) < 4.78 is 5.63. The largest absolute Gasteiger partial charge is 0.494 e. The molecule has 9 heteroatoms. The van der Waals surface area contributed by atoms with Gasteiger partial charge < -0.3 is 25.6 Å². The van der Waals surface area contributed by atoms with Crippen LogP contribution in [0.5, 0.6) is 5.75 Å². The summed E-state index contributed by atoms with van der Waals surface area (Å²) in [4.78, 5) is 42.2. The Kier molecular flexibility index (Phi) is 9.20. The first-order valence-corrected chi connectivity index (χ1v) is 12.7. The highest BCUT2D eigenvalue weighted by molar-refractivity contribution is 6.34. The Morgan fingerprint density at radius 2 is 1.92 bits per heavy atom. The van der Waals surface area contributed by atoms with Gasteiger partial charge in [-0.3, -0.25) is 9.59 Å². The SMILES string of the molecule is CCCOc1ccc(C(=O)N2C[C@H](C)N(C(=O)N[C@H](CC(C)C)C(N)=O)Cc3ccccc32)c(Cl)c1. The van der Waals surface area contributed by atoms with Crippen LogP contribution in [0.2, 0.25) is 5.02 Å². The zero-order valence-corrected chi connectivity index (χ0v) is 22.0. The number of carbonyl (C=O) groups is 3. The number of carbonyl (C=O) groups excluding carboxylic acids is 3. The smallest absolute Gasteiger partial charge is 0.318 e. The molecule has 0 aliphatic carbocycles. The van der Waals surface area contributed by atoms with Gasteiger partial charge in [-0.1, -0.05) is 50.6 Å². The third-order valence-corrected chi connectivity index (χ3v) is 6.41. The van der Waals surface area contributed by atoms with Gasteiger partial charge in [-0.25, -0.2) is 4.79 Å². The van der Waals surface area contributed by atoms with Crippen molar-refractivity contribution < 1.29 is 19.1 Å². The summed E-state index contributed by atoms with van der Waals surface area (Å²) in [6, 6.07) is 11.0. The van der Waals surface area contributed by atoms with Crippen LogP contribution in [-0.2, 0) is 11.3 Å². The van der Waals surface area contributed by atoms with E-state index in [-0.39, 0.29) is 31.0 Å². The lowest BCUT2D eigenvalue weighted by molar-refractivity contribution is -0.120. The molecule has 2 aromatic carbocycles. The number of ether oxygens (including phenoxy) is 1. The fraction of sp³-hybridized carbons (Fsp3) is 0.444. The predicted molar refractivity (Wildman–Crippen MR) is 141 cm³/mol. The molecular weight excluding hydrogens is 480 g/mol. The maximum absolute atomic E-state index is 13.7. The molecule has 4 amide bonds. The quantitative estimate of drug-likeness (QED) is 0.537. The Morgan fingerprint density at radius 1 is 1.19 bits per heavy atom. The van der Waals surface area contributed by atoms with Crippen LogP contribution in [0.25, 0.3) is 0 Å². The highest BCUT2D eigenvalue weighted by Crippen LogP contribution is 2.31. The van der Waals surface area contributed by atoms with E-state index in [1.807, 2.05) is 52.0 Å². The molecule has 1 aliphatic heterocycles. The number of benzene rings is 2. The Labute approximate surface area is 217 Å². The number of anilines is 1. The van der Waals surface area contributed by atoms with E-state index in [2.05, 4.69) is 5.32 Å². The minimum absolute atomic E-state index is 0.182. The summed E-state index contributed by atoms with van der Waals surface area (Å²) in [5.41, 5.74) is 7.41. The molecule has 0 unspecified atom stereocenters. The third-order valence-electron chi connectivity index (χ3n) is 6.10. The second-order valence-corrected chi connectivity index (χ2v) is 9.95. The Morgan fingerprint density at radius 3 is 2.56 bits per heavy atom. The van der Waals surface area contributed by atoms with Gasteiger partial charge in [0.2, 0.25) is 5.91 Å². The number of nitrogens with zero attached hydrogens (tertiary/aromatic N) is 2. The van der Waals surface area contributed by atoms with E-state index in [9.17, 15) is 14.4 Å². The molecule has 36 heavy (non-hydrogen) atoms. The van der Waals surface area contributed by atoms with Gasteiger partial charge in [-0.15, -0.1) is 0 Å². The van der Waals surface area contributed by atoms with E-state index in [0.717, 1.165) is 12.0 Å². The number of para-hydroxylation sites is 1. The van der Waals surface area contributed by atoms with Gasteiger partial charge in [0.1, 0.15) is 11.8 Å². The lowest BCUT2D eigenvalue weighted by Gasteiger charge is -2.31. The molecule has 0 bridgehead atoms. The van der Waals surface area contributed by atoms with Crippen molar-refractivity contribution in [1.29, 1.82) is 0 Å². The van der Waals surface area contributed by atoms with Crippen molar-refractivity contribution in [2.45, 2.75) is 59.2 Å². The number of rotatable bonds is 8. The van der Waals surface area contributed by atoms with Gasteiger partial charge in [0.25, 0.3) is 5.91 Å². The molecule has 2 aromatic rings. The van der Waals surface area contributed by atoms with Gasteiger partial charge in [-0.2, -0.15) is 0 Å². The molecular formula is C27H35ClN4O4. The monoisotopic (exact) mass is 514 g/mol. The van der Waals surface area contributed by atoms with Crippen molar-refractivity contribution in [1.82, 2.24) is 10.2 Å². The van der Waals surface area contributed by atoms with Crippen LogP contribution >= 0.6 is 11.6 Å². The average molecular weight is 515 g/mol. The summed E-state index contributed by atoms with van der Waals surface area (Å²) in [5.74, 6) is -0.0471. The molecule has 3 rings (SSSR count). The molecule has 1 heterocycles. The number of halogens is 1. The first-order valence-electron chi connectivity index (χ1n) is 12.3. The number of fused-ring (bicyclic) bond motifs is 1. The summed E-state index contributed by atoms with van der Waals surface area (Å²) >= 11 is 6.49. The summed E-state index contributed by atoms with van der Waals surface area (Å²) in [5, 5.41) is 3.09. The number of hydrogen-bond acceptors (Lipinski definition) is 4. The van der Waals surface area contributed by atoms with E-state index in [1.54, 1.807) is 28.0 Å². The number of nitrogens with two attached hydrogens (primary N) is 1. The van der Waals surface area contributed by atoms with Crippen LogP contribution in [-0.4, -0.2) is 48.0 Å². The van der Waals surface area contributed by atoms with Gasteiger partial charge in [0, 0.05) is 24.8 Å². The highest BCUT2D eigenvalue weighted by Gasteiger charge is 2.33. The lowest BCUT2D eigenvalue weighted by atomic mass is 10.0. The van der Waals surface area contributed by atoms with Crippen molar-refractivity contribution >= 4 is 35.1 Å². The van der Waals surface area contributed by atoms with E-state index < -0.39 is 18.0 Å². The average Bonchev–Trinajstić information content (AvgIpc) is 2.98. The molecule has 3 N–H and O–H groups in total. The number of primary amides is 1. The second-order valence-electron chi connectivity index (χ2n) is 9.55. The van der Waals surface area contributed by atoms with Crippen LogP contribution in [0.3, 0.4) is 0 Å². The number of urea groups is 1. The first kappa shape index (κ1) is 27.3. The standard InChI is InChI=1S/C27H35ClN4O4/c1-5-12-36-20-10-11-21(22(28)14-20)26(34)32-15-18(4)31(16-19-8-6-7-9-24(19)32)27(35)30-23(25(29)33)13-17(2)3/h6-11,14,17-18,23H,5,12-13,15-16H2,1-4H3,(H2,29,33)(H,30,35)/t18-,23+/m0/s1. The maximum atomic E-state index is 13.7. The molecule has 1 aliphatic rings. The normalized spacial score (nSPS) is 16.2. The molecule has 0 radical (unpaired) electrons. The molecule has 8 nitrogen and oxygen atoms in total. The van der Waals surface area contributed by atoms with Gasteiger partial charge >= 0.3 is 6.03 Å². The second kappa shape index (κ2) is 12.1. The van der Waals surface area contributed by atoms with E-state index in [4.69, 9.17) is 22.1 Å². The minimum Gasteiger partial charge on any atom is -0.494 e. The lowest BCUT2D eigenvalue weighted by Crippen LogP contribution is -2.53. The van der Waals surface area contributed by atoms with Crippen molar-refractivity contribution in [3.05, 3.63) is 58.6 Å².